The van der Waals surface area contributed by atoms with E-state index < -0.39 is 24.2 Å². The molecule has 78 valence electrons. The van der Waals surface area contributed by atoms with Gasteiger partial charge in [0, 0.05) is 12.5 Å². The first-order valence-corrected chi connectivity index (χ1v) is 4.27. The van der Waals surface area contributed by atoms with E-state index in [4.69, 9.17) is 5.73 Å². The fourth-order valence-electron chi connectivity index (χ4n) is 1.21. The number of alkyl halides is 2. The van der Waals surface area contributed by atoms with Gasteiger partial charge in [0.2, 0.25) is 5.92 Å². The van der Waals surface area contributed by atoms with Gasteiger partial charge in [0.05, 0.1) is 0 Å². The standard InChI is InChI=1S/C10H12F3N/c1-10(12,13)6-9(14)7-2-4-8(11)5-3-7/h2-5,9H,6,14H2,1H3. The minimum Gasteiger partial charge on any atom is -0.324 e. The Labute approximate surface area is 80.7 Å². The molecule has 1 rings (SSSR count). The van der Waals surface area contributed by atoms with E-state index in [0.717, 1.165) is 6.92 Å². The van der Waals surface area contributed by atoms with Crippen LogP contribution in [0.2, 0.25) is 0 Å². The Hall–Kier alpha value is -1.03. The molecule has 0 bridgehead atoms. The van der Waals surface area contributed by atoms with Crippen LogP contribution in [0.1, 0.15) is 24.9 Å². The third-order valence-corrected chi connectivity index (χ3v) is 1.88. The van der Waals surface area contributed by atoms with Gasteiger partial charge in [0.1, 0.15) is 5.82 Å². The van der Waals surface area contributed by atoms with Gasteiger partial charge in [0.25, 0.3) is 0 Å². The zero-order valence-electron chi connectivity index (χ0n) is 7.81. The molecule has 0 spiro atoms. The highest BCUT2D eigenvalue weighted by Crippen LogP contribution is 2.25. The lowest BCUT2D eigenvalue weighted by Gasteiger charge is -2.16. The van der Waals surface area contributed by atoms with Crippen LogP contribution in [0, 0.1) is 5.82 Å². The van der Waals surface area contributed by atoms with Crippen LogP contribution in [-0.2, 0) is 0 Å². The van der Waals surface area contributed by atoms with E-state index in [2.05, 4.69) is 0 Å². The highest BCUT2D eigenvalue weighted by Gasteiger charge is 2.25. The predicted octanol–water partition coefficient (Wildman–Crippen LogP) is 2.87. The molecule has 0 fully saturated rings. The average Bonchev–Trinajstić information content (AvgIpc) is 2.02. The van der Waals surface area contributed by atoms with Crippen LogP contribution in [0.3, 0.4) is 0 Å². The van der Waals surface area contributed by atoms with E-state index in [1.807, 2.05) is 0 Å². The predicted molar refractivity (Wildman–Crippen MR) is 48.6 cm³/mol. The SMILES string of the molecule is CC(F)(F)CC(N)c1ccc(F)cc1. The topological polar surface area (TPSA) is 26.0 Å². The van der Waals surface area contributed by atoms with E-state index in [9.17, 15) is 13.2 Å². The number of hydrogen-bond donors (Lipinski definition) is 1. The molecule has 0 amide bonds. The lowest BCUT2D eigenvalue weighted by molar-refractivity contribution is 0.00616. The summed E-state index contributed by atoms with van der Waals surface area (Å²) >= 11 is 0. The largest absolute Gasteiger partial charge is 0.324 e. The first kappa shape index (κ1) is 11.0. The summed E-state index contributed by atoms with van der Waals surface area (Å²) in [5.74, 6) is -3.20. The van der Waals surface area contributed by atoms with Gasteiger partial charge in [0.15, 0.2) is 0 Å². The summed E-state index contributed by atoms with van der Waals surface area (Å²) in [6, 6.07) is 4.51. The molecule has 0 heterocycles. The highest BCUT2D eigenvalue weighted by molar-refractivity contribution is 5.19. The van der Waals surface area contributed by atoms with Crippen molar-refractivity contribution >= 4 is 0 Å². The van der Waals surface area contributed by atoms with Crippen molar-refractivity contribution in [3.63, 3.8) is 0 Å². The molecule has 0 aliphatic carbocycles. The number of nitrogens with two attached hydrogens (primary N) is 1. The van der Waals surface area contributed by atoms with E-state index in [-0.39, 0.29) is 0 Å². The molecule has 2 N–H and O–H groups in total. The number of hydrogen-bond acceptors (Lipinski definition) is 1. The van der Waals surface area contributed by atoms with E-state index >= 15 is 0 Å². The zero-order chi connectivity index (χ0) is 10.8. The van der Waals surface area contributed by atoms with Crippen LogP contribution in [0.25, 0.3) is 0 Å². The maximum atomic E-state index is 12.6. The number of halogens is 3. The van der Waals surface area contributed by atoms with Crippen molar-refractivity contribution in [2.24, 2.45) is 5.73 Å². The molecular formula is C10H12F3N. The fraction of sp³-hybridized carbons (Fsp3) is 0.400. The summed E-state index contributed by atoms with van der Waals surface area (Å²) in [7, 11) is 0. The quantitative estimate of drug-likeness (QED) is 0.803. The second-order valence-corrected chi connectivity index (χ2v) is 3.43. The fourth-order valence-corrected chi connectivity index (χ4v) is 1.21. The van der Waals surface area contributed by atoms with Gasteiger partial charge in [-0.1, -0.05) is 12.1 Å². The summed E-state index contributed by atoms with van der Waals surface area (Å²) in [5.41, 5.74) is 6.05. The van der Waals surface area contributed by atoms with Gasteiger partial charge >= 0.3 is 0 Å². The van der Waals surface area contributed by atoms with Crippen molar-refractivity contribution in [3.8, 4) is 0 Å². The molecule has 0 aliphatic rings. The molecule has 1 aromatic rings. The molecule has 0 radical (unpaired) electrons. The van der Waals surface area contributed by atoms with Crippen LogP contribution in [0.4, 0.5) is 13.2 Å². The minimum atomic E-state index is -2.80. The van der Waals surface area contributed by atoms with E-state index in [1.165, 1.54) is 24.3 Å². The van der Waals surface area contributed by atoms with Crippen LogP contribution in [0.15, 0.2) is 24.3 Å². The lowest BCUT2D eigenvalue weighted by atomic mass is 10.0. The summed E-state index contributed by atoms with van der Waals surface area (Å²) in [6.07, 6.45) is -0.432. The summed E-state index contributed by atoms with van der Waals surface area (Å²) in [4.78, 5) is 0. The van der Waals surface area contributed by atoms with Crippen molar-refractivity contribution < 1.29 is 13.2 Å². The molecule has 0 aromatic heterocycles. The van der Waals surface area contributed by atoms with Gasteiger partial charge in [-0.2, -0.15) is 0 Å². The molecule has 0 aliphatic heterocycles. The Morgan fingerprint density at radius 2 is 1.79 bits per heavy atom. The van der Waals surface area contributed by atoms with Crippen molar-refractivity contribution in [1.29, 1.82) is 0 Å². The maximum Gasteiger partial charge on any atom is 0.247 e. The van der Waals surface area contributed by atoms with Crippen LogP contribution >= 0.6 is 0 Å². The first-order chi connectivity index (χ1) is 6.38. The van der Waals surface area contributed by atoms with E-state index in [0.29, 0.717) is 5.56 Å². The summed E-state index contributed by atoms with van der Waals surface area (Å²) in [6.45, 7) is 0.816. The molecule has 4 heteroatoms. The average molecular weight is 203 g/mol. The Balaban J connectivity index is 2.70. The molecule has 1 aromatic carbocycles. The maximum absolute atomic E-state index is 12.6. The Morgan fingerprint density at radius 1 is 1.29 bits per heavy atom. The molecule has 1 unspecified atom stereocenters. The summed E-state index contributed by atoms with van der Waals surface area (Å²) in [5, 5.41) is 0. The van der Waals surface area contributed by atoms with Gasteiger partial charge < -0.3 is 5.73 Å². The number of benzene rings is 1. The van der Waals surface area contributed by atoms with Crippen LogP contribution in [-0.4, -0.2) is 5.92 Å². The van der Waals surface area contributed by atoms with Crippen molar-refractivity contribution in [3.05, 3.63) is 35.6 Å². The van der Waals surface area contributed by atoms with Crippen molar-refractivity contribution in [2.75, 3.05) is 0 Å². The highest BCUT2D eigenvalue weighted by atomic mass is 19.3. The number of rotatable bonds is 3. The molecule has 1 nitrogen and oxygen atoms in total. The normalized spacial score (nSPS) is 14.1. The third kappa shape index (κ3) is 3.38. The minimum absolute atomic E-state index is 0.399. The van der Waals surface area contributed by atoms with Crippen LogP contribution < -0.4 is 5.73 Å². The third-order valence-electron chi connectivity index (χ3n) is 1.88. The molecule has 0 saturated heterocycles. The zero-order valence-corrected chi connectivity index (χ0v) is 7.81. The Morgan fingerprint density at radius 3 is 2.21 bits per heavy atom. The van der Waals surface area contributed by atoms with E-state index in [1.54, 1.807) is 0 Å². The Bertz CT molecular complexity index is 289. The molecule has 14 heavy (non-hydrogen) atoms. The second kappa shape index (κ2) is 4.00. The smallest absolute Gasteiger partial charge is 0.247 e. The van der Waals surface area contributed by atoms with Gasteiger partial charge in [-0.25, -0.2) is 13.2 Å². The van der Waals surface area contributed by atoms with Gasteiger partial charge in [-0.15, -0.1) is 0 Å². The molecular weight excluding hydrogens is 191 g/mol. The lowest BCUT2D eigenvalue weighted by Crippen LogP contribution is -2.21. The van der Waals surface area contributed by atoms with Gasteiger partial charge in [-0.05, 0) is 24.6 Å². The monoisotopic (exact) mass is 203 g/mol. The van der Waals surface area contributed by atoms with Gasteiger partial charge in [-0.3, -0.25) is 0 Å². The van der Waals surface area contributed by atoms with Crippen molar-refractivity contribution in [2.45, 2.75) is 25.3 Å². The first-order valence-electron chi connectivity index (χ1n) is 4.27. The molecule has 1 atom stereocenters. The van der Waals surface area contributed by atoms with Crippen molar-refractivity contribution in [1.82, 2.24) is 0 Å². The molecule has 0 saturated carbocycles. The van der Waals surface area contributed by atoms with Crippen LogP contribution in [0.5, 0.6) is 0 Å². The summed E-state index contributed by atoms with van der Waals surface area (Å²) < 4.78 is 37.7. The Kier molecular flexibility index (Phi) is 3.16. The second-order valence-electron chi connectivity index (χ2n) is 3.43.